The molecule has 1 nitrogen and oxygen atoms in total. The minimum atomic E-state index is 0.111. The Hall–Kier alpha value is -1.15. The van der Waals surface area contributed by atoms with Crippen LogP contribution in [-0.2, 0) is 0 Å². The van der Waals surface area contributed by atoms with Gasteiger partial charge in [0.1, 0.15) is 5.75 Å². The van der Waals surface area contributed by atoms with Crippen molar-refractivity contribution < 1.29 is 5.11 Å². The van der Waals surface area contributed by atoms with Crippen LogP contribution in [0, 0.1) is 0 Å². The predicted molar refractivity (Wildman–Crippen MR) is 71.2 cm³/mol. The second kappa shape index (κ2) is 4.02. The zero-order chi connectivity index (χ0) is 11.8. The van der Waals surface area contributed by atoms with Crippen molar-refractivity contribution in [3.05, 3.63) is 36.4 Å². The molecule has 2 heteroatoms. The molecule has 0 unspecified atom stereocenters. The highest BCUT2D eigenvalue weighted by atomic mass is 32.2. The number of hydrogen-bond acceptors (Lipinski definition) is 2. The van der Waals surface area contributed by atoms with Crippen molar-refractivity contribution >= 4 is 22.5 Å². The lowest BCUT2D eigenvalue weighted by atomic mass is 10.1. The van der Waals surface area contributed by atoms with Gasteiger partial charge in [0.05, 0.1) is 4.90 Å². The van der Waals surface area contributed by atoms with Gasteiger partial charge >= 0.3 is 0 Å². The molecule has 2 rings (SSSR count). The number of thioether (sulfide) groups is 1. The van der Waals surface area contributed by atoms with Crippen LogP contribution in [0.15, 0.2) is 41.3 Å². The lowest BCUT2D eigenvalue weighted by Gasteiger charge is -2.18. The van der Waals surface area contributed by atoms with Crippen LogP contribution in [0.1, 0.15) is 20.8 Å². The average molecular weight is 232 g/mol. The summed E-state index contributed by atoms with van der Waals surface area (Å²) in [7, 11) is 0. The van der Waals surface area contributed by atoms with E-state index in [2.05, 4.69) is 26.8 Å². The molecule has 2 aromatic carbocycles. The molecule has 2 aromatic rings. The zero-order valence-electron chi connectivity index (χ0n) is 9.82. The zero-order valence-corrected chi connectivity index (χ0v) is 10.6. The molecule has 84 valence electrons. The molecule has 0 aliphatic heterocycles. The third-order valence-corrected chi connectivity index (χ3v) is 3.44. The van der Waals surface area contributed by atoms with Crippen molar-refractivity contribution in [3.8, 4) is 5.75 Å². The Kier molecular flexibility index (Phi) is 2.85. The highest BCUT2D eigenvalue weighted by molar-refractivity contribution is 8.00. The van der Waals surface area contributed by atoms with Gasteiger partial charge in [-0.15, -0.1) is 11.8 Å². The molecule has 16 heavy (non-hydrogen) atoms. The Bertz CT molecular complexity index is 512. The highest BCUT2D eigenvalue weighted by Gasteiger charge is 2.15. The molecule has 0 atom stereocenters. The average Bonchev–Trinajstić information content (AvgIpc) is 2.21. The second-order valence-electron chi connectivity index (χ2n) is 4.85. The number of fused-ring (bicyclic) bond motifs is 1. The molecule has 0 aromatic heterocycles. The lowest BCUT2D eigenvalue weighted by Crippen LogP contribution is -2.06. The van der Waals surface area contributed by atoms with Gasteiger partial charge in [-0.25, -0.2) is 0 Å². The summed E-state index contributed by atoms with van der Waals surface area (Å²) in [4.78, 5) is 0.950. The van der Waals surface area contributed by atoms with E-state index in [1.54, 1.807) is 11.8 Å². The molecule has 0 aliphatic rings. The van der Waals surface area contributed by atoms with E-state index in [0.29, 0.717) is 5.75 Å². The Labute approximate surface area is 100 Å². The summed E-state index contributed by atoms with van der Waals surface area (Å²) in [5.74, 6) is 0.401. The SMILES string of the molecule is CC(C)(C)Sc1ccc2ccccc2c1O. The van der Waals surface area contributed by atoms with E-state index in [4.69, 9.17) is 0 Å². The maximum Gasteiger partial charge on any atom is 0.136 e. The molecule has 0 heterocycles. The summed E-state index contributed by atoms with van der Waals surface area (Å²) in [6.07, 6.45) is 0. The van der Waals surface area contributed by atoms with Crippen LogP contribution in [0.2, 0.25) is 0 Å². The van der Waals surface area contributed by atoms with Crippen LogP contribution in [-0.4, -0.2) is 9.85 Å². The number of benzene rings is 2. The summed E-state index contributed by atoms with van der Waals surface area (Å²) in [6, 6.07) is 12.0. The summed E-state index contributed by atoms with van der Waals surface area (Å²) in [5.41, 5.74) is 0. The molecule has 0 radical (unpaired) electrons. The van der Waals surface area contributed by atoms with E-state index in [1.807, 2.05) is 30.3 Å². The maximum atomic E-state index is 10.2. The van der Waals surface area contributed by atoms with Crippen LogP contribution < -0.4 is 0 Å². The fraction of sp³-hybridized carbons (Fsp3) is 0.286. The largest absolute Gasteiger partial charge is 0.506 e. The molecule has 0 spiro atoms. The van der Waals surface area contributed by atoms with Gasteiger partial charge in [-0.2, -0.15) is 0 Å². The van der Waals surface area contributed by atoms with Crippen LogP contribution in [0.5, 0.6) is 5.75 Å². The van der Waals surface area contributed by atoms with E-state index in [-0.39, 0.29) is 4.75 Å². The van der Waals surface area contributed by atoms with Gasteiger partial charge < -0.3 is 5.11 Å². The first kappa shape index (κ1) is 11.3. The van der Waals surface area contributed by atoms with Crippen molar-refractivity contribution in [2.45, 2.75) is 30.4 Å². The van der Waals surface area contributed by atoms with Crippen LogP contribution >= 0.6 is 11.8 Å². The van der Waals surface area contributed by atoms with E-state index in [0.717, 1.165) is 15.7 Å². The fourth-order valence-corrected chi connectivity index (χ4v) is 2.65. The molecule has 0 fully saturated rings. The normalized spacial score (nSPS) is 11.9. The first-order valence-electron chi connectivity index (χ1n) is 5.37. The van der Waals surface area contributed by atoms with E-state index in [1.165, 1.54) is 0 Å². The van der Waals surface area contributed by atoms with Crippen molar-refractivity contribution in [2.75, 3.05) is 0 Å². The monoisotopic (exact) mass is 232 g/mol. The maximum absolute atomic E-state index is 10.2. The number of aromatic hydroxyl groups is 1. The van der Waals surface area contributed by atoms with Gasteiger partial charge in [0.15, 0.2) is 0 Å². The smallest absolute Gasteiger partial charge is 0.136 e. The van der Waals surface area contributed by atoms with Gasteiger partial charge in [-0.3, -0.25) is 0 Å². The predicted octanol–water partition coefficient (Wildman–Crippen LogP) is 4.44. The number of rotatable bonds is 1. The molecule has 1 N–H and O–H groups in total. The second-order valence-corrected chi connectivity index (χ2v) is 6.72. The topological polar surface area (TPSA) is 20.2 Å². The number of hydrogen-bond donors (Lipinski definition) is 1. The standard InChI is InChI=1S/C14H16OS/c1-14(2,3)16-12-9-8-10-6-4-5-7-11(10)13(12)15/h4-9,15H,1-3H3. The third kappa shape index (κ3) is 2.33. The number of phenols is 1. The van der Waals surface area contributed by atoms with Crippen molar-refractivity contribution in [1.82, 2.24) is 0 Å². The van der Waals surface area contributed by atoms with Gasteiger partial charge in [0, 0.05) is 10.1 Å². The summed E-state index contributed by atoms with van der Waals surface area (Å²) in [6.45, 7) is 6.44. The Morgan fingerprint density at radius 3 is 2.38 bits per heavy atom. The first-order valence-corrected chi connectivity index (χ1v) is 6.19. The van der Waals surface area contributed by atoms with Crippen LogP contribution in [0.3, 0.4) is 0 Å². The first-order chi connectivity index (χ1) is 7.47. The summed E-state index contributed by atoms with van der Waals surface area (Å²) >= 11 is 1.69. The quantitative estimate of drug-likeness (QED) is 0.734. The van der Waals surface area contributed by atoms with Crippen LogP contribution in [0.4, 0.5) is 0 Å². The molecule has 0 aliphatic carbocycles. The minimum Gasteiger partial charge on any atom is -0.506 e. The Balaban J connectivity index is 2.53. The molecule has 0 saturated carbocycles. The Morgan fingerprint density at radius 1 is 1.00 bits per heavy atom. The molecule has 0 saturated heterocycles. The third-order valence-electron chi connectivity index (χ3n) is 2.28. The molecular weight excluding hydrogens is 216 g/mol. The van der Waals surface area contributed by atoms with E-state index in [9.17, 15) is 5.11 Å². The molecular formula is C14H16OS. The summed E-state index contributed by atoms with van der Waals surface area (Å²) in [5, 5.41) is 12.2. The van der Waals surface area contributed by atoms with Gasteiger partial charge in [-0.1, -0.05) is 51.1 Å². The van der Waals surface area contributed by atoms with Crippen molar-refractivity contribution in [1.29, 1.82) is 0 Å². The van der Waals surface area contributed by atoms with Crippen LogP contribution in [0.25, 0.3) is 10.8 Å². The lowest BCUT2D eigenvalue weighted by molar-refractivity contribution is 0.468. The Morgan fingerprint density at radius 2 is 1.69 bits per heavy atom. The van der Waals surface area contributed by atoms with Crippen molar-refractivity contribution in [2.24, 2.45) is 0 Å². The minimum absolute atomic E-state index is 0.111. The highest BCUT2D eigenvalue weighted by Crippen LogP contribution is 2.40. The van der Waals surface area contributed by atoms with Crippen molar-refractivity contribution in [3.63, 3.8) is 0 Å². The van der Waals surface area contributed by atoms with Gasteiger partial charge in [0.25, 0.3) is 0 Å². The van der Waals surface area contributed by atoms with E-state index >= 15 is 0 Å². The van der Waals surface area contributed by atoms with Gasteiger partial charge in [-0.05, 0) is 11.5 Å². The number of phenolic OH excluding ortho intramolecular Hbond substituents is 1. The summed E-state index contributed by atoms with van der Waals surface area (Å²) < 4.78 is 0.111. The molecule has 0 amide bonds. The van der Waals surface area contributed by atoms with Gasteiger partial charge in [0.2, 0.25) is 0 Å². The fourth-order valence-electron chi connectivity index (χ4n) is 1.65. The molecule has 0 bridgehead atoms. The van der Waals surface area contributed by atoms with E-state index < -0.39 is 0 Å².